The van der Waals surface area contributed by atoms with Crippen LogP contribution in [0.4, 0.5) is 0 Å². The third-order valence-electron chi connectivity index (χ3n) is 5.12. The van der Waals surface area contributed by atoms with E-state index in [-0.39, 0.29) is 24.0 Å². The number of nitrogens with two attached hydrogens (primary N) is 1. The van der Waals surface area contributed by atoms with Gasteiger partial charge in [-0.15, -0.1) is 24.0 Å². The summed E-state index contributed by atoms with van der Waals surface area (Å²) in [5.41, 5.74) is 7.62. The SMILES string of the molecule is I.NC(=NCC1CCCCN1Cc1ccccc1)N1CCCCC1. The highest BCUT2D eigenvalue weighted by atomic mass is 127. The Bertz CT molecular complexity index is 499. The first kappa shape index (κ1) is 19.5. The van der Waals surface area contributed by atoms with E-state index < -0.39 is 0 Å². The van der Waals surface area contributed by atoms with Gasteiger partial charge in [-0.1, -0.05) is 36.8 Å². The standard InChI is InChI=1S/C19H30N4.HI/c20-19(22-12-6-2-7-13-22)21-15-18-11-5-8-14-23(18)16-17-9-3-1-4-10-17;/h1,3-4,9-10,18H,2,5-8,11-16H2,(H2,20,21);1H. The molecule has 2 N–H and O–H groups in total. The molecule has 2 heterocycles. The Kier molecular flexibility index (Phi) is 8.32. The Morgan fingerprint density at radius 1 is 1.00 bits per heavy atom. The van der Waals surface area contributed by atoms with E-state index in [9.17, 15) is 0 Å². The van der Waals surface area contributed by atoms with Crippen LogP contribution >= 0.6 is 24.0 Å². The molecule has 0 aromatic heterocycles. The van der Waals surface area contributed by atoms with E-state index in [2.05, 4.69) is 40.1 Å². The molecule has 0 spiro atoms. The molecule has 2 aliphatic rings. The molecule has 1 aromatic rings. The summed E-state index contributed by atoms with van der Waals surface area (Å²) in [6, 6.07) is 11.3. The van der Waals surface area contributed by atoms with E-state index >= 15 is 0 Å². The number of aliphatic imine (C=N–C) groups is 1. The second-order valence-electron chi connectivity index (χ2n) is 6.85. The minimum Gasteiger partial charge on any atom is -0.370 e. The molecule has 4 nitrogen and oxygen atoms in total. The summed E-state index contributed by atoms with van der Waals surface area (Å²) >= 11 is 0. The number of piperidine rings is 2. The average Bonchev–Trinajstić information content (AvgIpc) is 2.62. The van der Waals surface area contributed by atoms with Crippen LogP contribution in [-0.4, -0.2) is 48.0 Å². The zero-order valence-electron chi connectivity index (χ0n) is 14.6. The molecule has 0 aliphatic carbocycles. The van der Waals surface area contributed by atoms with Crippen molar-refractivity contribution in [1.82, 2.24) is 9.80 Å². The Balaban J connectivity index is 0.00000208. The van der Waals surface area contributed by atoms with Gasteiger partial charge in [0.25, 0.3) is 0 Å². The zero-order valence-corrected chi connectivity index (χ0v) is 16.9. The molecule has 1 atom stereocenters. The monoisotopic (exact) mass is 442 g/mol. The van der Waals surface area contributed by atoms with Gasteiger partial charge >= 0.3 is 0 Å². The van der Waals surface area contributed by atoms with Crippen LogP contribution in [0.25, 0.3) is 0 Å². The second kappa shape index (κ2) is 10.2. The van der Waals surface area contributed by atoms with Gasteiger partial charge in [-0.05, 0) is 44.2 Å². The average molecular weight is 442 g/mol. The van der Waals surface area contributed by atoms with Crippen molar-refractivity contribution in [2.45, 2.75) is 51.1 Å². The van der Waals surface area contributed by atoms with Crippen LogP contribution in [0.2, 0.25) is 0 Å². The Labute approximate surface area is 163 Å². The molecular weight excluding hydrogens is 411 g/mol. The fourth-order valence-corrected chi connectivity index (χ4v) is 3.71. The lowest BCUT2D eigenvalue weighted by Gasteiger charge is -2.35. The van der Waals surface area contributed by atoms with Gasteiger partial charge in [-0.25, -0.2) is 0 Å². The second-order valence-corrected chi connectivity index (χ2v) is 6.85. The number of rotatable bonds is 4. The molecular formula is C19H31IN4. The first-order valence-corrected chi connectivity index (χ1v) is 9.16. The van der Waals surface area contributed by atoms with Crippen LogP contribution in [-0.2, 0) is 6.54 Å². The number of likely N-dealkylation sites (tertiary alicyclic amines) is 2. The lowest BCUT2D eigenvalue weighted by Crippen LogP contribution is -2.44. The molecule has 1 unspecified atom stereocenters. The van der Waals surface area contributed by atoms with Crippen LogP contribution in [0.15, 0.2) is 35.3 Å². The number of hydrogen-bond donors (Lipinski definition) is 1. The Morgan fingerprint density at radius 3 is 2.46 bits per heavy atom. The van der Waals surface area contributed by atoms with Gasteiger partial charge in [-0.3, -0.25) is 9.89 Å². The van der Waals surface area contributed by atoms with Gasteiger partial charge < -0.3 is 10.6 Å². The number of benzene rings is 1. The third kappa shape index (κ3) is 5.62. The van der Waals surface area contributed by atoms with Gasteiger partial charge in [0.15, 0.2) is 5.96 Å². The fraction of sp³-hybridized carbons (Fsp3) is 0.632. The van der Waals surface area contributed by atoms with Crippen LogP contribution in [0.3, 0.4) is 0 Å². The molecule has 134 valence electrons. The molecule has 2 aliphatic heterocycles. The molecule has 0 radical (unpaired) electrons. The van der Waals surface area contributed by atoms with Crippen molar-refractivity contribution in [2.24, 2.45) is 10.7 Å². The van der Waals surface area contributed by atoms with Crippen molar-refractivity contribution in [3.63, 3.8) is 0 Å². The summed E-state index contributed by atoms with van der Waals surface area (Å²) in [7, 11) is 0. The summed E-state index contributed by atoms with van der Waals surface area (Å²) < 4.78 is 0. The van der Waals surface area contributed by atoms with E-state index in [1.807, 2.05) is 0 Å². The molecule has 0 amide bonds. The first-order chi connectivity index (χ1) is 11.3. The minimum atomic E-state index is 0. The Hall–Kier alpha value is -0.820. The van der Waals surface area contributed by atoms with Crippen LogP contribution in [0.5, 0.6) is 0 Å². The van der Waals surface area contributed by atoms with E-state index in [1.54, 1.807) is 0 Å². The molecule has 2 saturated heterocycles. The predicted octanol–water partition coefficient (Wildman–Crippen LogP) is 3.46. The number of guanidine groups is 1. The van der Waals surface area contributed by atoms with Gasteiger partial charge in [-0.2, -0.15) is 0 Å². The molecule has 1 aromatic carbocycles. The van der Waals surface area contributed by atoms with E-state index in [1.165, 1.54) is 50.6 Å². The van der Waals surface area contributed by atoms with Crippen molar-refractivity contribution in [2.75, 3.05) is 26.2 Å². The molecule has 3 rings (SSSR count). The topological polar surface area (TPSA) is 44.9 Å². The van der Waals surface area contributed by atoms with E-state index in [0.29, 0.717) is 6.04 Å². The molecule has 5 heteroatoms. The summed E-state index contributed by atoms with van der Waals surface area (Å²) in [5.74, 6) is 0.759. The zero-order chi connectivity index (χ0) is 15.9. The fourth-order valence-electron chi connectivity index (χ4n) is 3.71. The summed E-state index contributed by atoms with van der Waals surface area (Å²) in [6.07, 6.45) is 7.68. The summed E-state index contributed by atoms with van der Waals surface area (Å²) in [6.45, 7) is 5.21. The van der Waals surface area contributed by atoms with Gasteiger partial charge in [0.1, 0.15) is 0 Å². The van der Waals surface area contributed by atoms with E-state index in [4.69, 9.17) is 10.7 Å². The van der Waals surface area contributed by atoms with Crippen molar-refractivity contribution in [3.8, 4) is 0 Å². The number of nitrogens with zero attached hydrogens (tertiary/aromatic N) is 3. The molecule has 2 fully saturated rings. The van der Waals surface area contributed by atoms with Crippen LogP contribution in [0.1, 0.15) is 44.1 Å². The highest BCUT2D eigenvalue weighted by molar-refractivity contribution is 14.0. The van der Waals surface area contributed by atoms with Crippen molar-refractivity contribution < 1.29 is 0 Å². The molecule has 24 heavy (non-hydrogen) atoms. The van der Waals surface area contributed by atoms with Gasteiger partial charge in [0.2, 0.25) is 0 Å². The summed E-state index contributed by atoms with van der Waals surface area (Å²) in [4.78, 5) is 9.59. The highest BCUT2D eigenvalue weighted by Crippen LogP contribution is 2.20. The highest BCUT2D eigenvalue weighted by Gasteiger charge is 2.22. The third-order valence-corrected chi connectivity index (χ3v) is 5.12. The molecule has 0 saturated carbocycles. The van der Waals surface area contributed by atoms with E-state index in [0.717, 1.165) is 32.1 Å². The lowest BCUT2D eigenvalue weighted by molar-refractivity contribution is 0.145. The lowest BCUT2D eigenvalue weighted by atomic mass is 10.0. The van der Waals surface area contributed by atoms with Crippen LogP contribution < -0.4 is 5.73 Å². The van der Waals surface area contributed by atoms with Crippen molar-refractivity contribution >= 4 is 29.9 Å². The van der Waals surface area contributed by atoms with Crippen LogP contribution in [0, 0.1) is 0 Å². The quantitative estimate of drug-likeness (QED) is 0.442. The minimum absolute atomic E-state index is 0. The molecule has 0 bridgehead atoms. The number of halogens is 1. The maximum atomic E-state index is 6.22. The maximum Gasteiger partial charge on any atom is 0.191 e. The van der Waals surface area contributed by atoms with Gasteiger partial charge in [0, 0.05) is 25.7 Å². The Morgan fingerprint density at radius 2 is 1.71 bits per heavy atom. The number of hydrogen-bond acceptors (Lipinski definition) is 2. The maximum absolute atomic E-state index is 6.22. The largest absolute Gasteiger partial charge is 0.370 e. The smallest absolute Gasteiger partial charge is 0.191 e. The van der Waals surface area contributed by atoms with Crippen molar-refractivity contribution in [3.05, 3.63) is 35.9 Å². The van der Waals surface area contributed by atoms with Gasteiger partial charge in [0.05, 0.1) is 6.54 Å². The summed E-state index contributed by atoms with van der Waals surface area (Å²) in [5, 5.41) is 0. The van der Waals surface area contributed by atoms with Crippen molar-refractivity contribution in [1.29, 1.82) is 0 Å². The normalized spacial score (nSPS) is 22.9. The first-order valence-electron chi connectivity index (χ1n) is 9.16. The predicted molar refractivity (Wildman–Crippen MR) is 112 cm³/mol.